The quantitative estimate of drug-likeness (QED) is 0.397. The van der Waals surface area contributed by atoms with Crippen molar-refractivity contribution in [1.82, 2.24) is 9.78 Å². The van der Waals surface area contributed by atoms with Crippen molar-refractivity contribution < 1.29 is 23.9 Å². The standard InChI is InChI=1S/C25H19N3O5S/c1-12-17-11-19(34-24(17)28(3)27-12)25(32)33-13(2)23(31)26-18-10-6-9-16-20(18)22(30)15-8-5-4-7-14(15)21(16)29/h4-11,13H,1-3H3,(H,26,31). The van der Waals surface area contributed by atoms with Gasteiger partial charge in [-0.25, -0.2) is 4.79 Å². The molecule has 9 heteroatoms. The summed E-state index contributed by atoms with van der Waals surface area (Å²) < 4.78 is 7.07. The predicted molar refractivity (Wildman–Crippen MR) is 127 cm³/mol. The molecule has 1 aliphatic rings. The smallest absolute Gasteiger partial charge is 0.349 e. The van der Waals surface area contributed by atoms with Crippen LogP contribution in [0, 0.1) is 6.92 Å². The summed E-state index contributed by atoms with van der Waals surface area (Å²) >= 11 is 1.24. The first-order valence-electron chi connectivity index (χ1n) is 10.5. The zero-order valence-corrected chi connectivity index (χ0v) is 19.4. The molecule has 1 aliphatic carbocycles. The van der Waals surface area contributed by atoms with Gasteiger partial charge in [0.05, 0.1) is 16.9 Å². The van der Waals surface area contributed by atoms with Gasteiger partial charge in [-0.05, 0) is 26.0 Å². The SMILES string of the molecule is Cc1nn(C)c2sc(C(=O)OC(C)C(=O)Nc3cccc4c3C(=O)c3ccccc3C4=O)cc12. The molecule has 0 bridgehead atoms. The van der Waals surface area contributed by atoms with Gasteiger partial charge in [0.15, 0.2) is 17.7 Å². The number of fused-ring (bicyclic) bond motifs is 3. The number of nitrogens with zero attached hydrogens (tertiary/aromatic N) is 2. The van der Waals surface area contributed by atoms with Crippen LogP contribution in [0.3, 0.4) is 0 Å². The van der Waals surface area contributed by atoms with Crippen molar-refractivity contribution in [2.24, 2.45) is 7.05 Å². The summed E-state index contributed by atoms with van der Waals surface area (Å²) in [7, 11) is 1.79. The van der Waals surface area contributed by atoms with Crippen LogP contribution in [0.2, 0.25) is 0 Å². The van der Waals surface area contributed by atoms with Crippen LogP contribution in [-0.2, 0) is 16.6 Å². The molecule has 2 aromatic heterocycles. The molecular formula is C25H19N3O5S. The van der Waals surface area contributed by atoms with Crippen LogP contribution >= 0.6 is 11.3 Å². The normalized spacial score (nSPS) is 13.4. The molecule has 1 N–H and O–H groups in total. The highest BCUT2D eigenvalue weighted by Crippen LogP contribution is 2.32. The number of carbonyl (C=O) groups excluding carboxylic acids is 4. The number of rotatable bonds is 4. The van der Waals surface area contributed by atoms with Crippen molar-refractivity contribution in [2.45, 2.75) is 20.0 Å². The minimum Gasteiger partial charge on any atom is -0.448 e. The van der Waals surface area contributed by atoms with E-state index >= 15 is 0 Å². The summed E-state index contributed by atoms with van der Waals surface area (Å²) in [6, 6.07) is 13.0. The second-order valence-corrected chi connectivity index (χ2v) is 9.04. The van der Waals surface area contributed by atoms with Gasteiger partial charge in [-0.1, -0.05) is 36.4 Å². The minimum absolute atomic E-state index is 0.130. The third-order valence-corrected chi connectivity index (χ3v) is 6.94. The average Bonchev–Trinajstić information content (AvgIpc) is 3.38. The minimum atomic E-state index is -1.13. The van der Waals surface area contributed by atoms with E-state index in [1.165, 1.54) is 18.3 Å². The third kappa shape index (κ3) is 3.41. The zero-order valence-electron chi connectivity index (χ0n) is 18.5. The van der Waals surface area contributed by atoms with Gasteiger partial charge < -0.3 is 10.1 Å². The van der Waals surface area contributed by atoms with E-state index in [2.05, 4.69) is 10.4 Å². The molecule has 0 spiro atoms. The fourth-order valence-corrected chi connectivity index (χ4v) is 5.07. The first-order chi connectivity index (χ1) is 16.3. The van der Waals surface area contributed by atoms with E-state index in [9.17, 15) is 19.2 Å². The maximum Gasteiger partial charge on any atom is 0.349 e. The molecular weight excluding hydrogens is 454 g/mol. The number of anilines is 1. The van der Waals surface area contributed by atoms with Crippen molar-refractivity contribution in [3.63, 3.8) is 0 Å². The Balaban J connectivity index is 1.36. The Labute approximate surface area is 198 Å². The number of aromatic nitrogens is 2. The lowest BCUT2D eigenvalue weighted by Crippen LogP contribution is -2.31. The molecule has 0 radical (unpaired) electrons. The molecule has 5 rings (SSSR count). The Morgan fingerprint density at radius 2 is 1.71 bits per heavy atom. The summed E-state index contributed by atoms with van der Waals surface area (Å²) in [5, 5.41) is 7.81. The Bertz CT molecular complexity index is 1500. The van der Waals surface area contributed by atoms with E-state index in [4.69, 9.17) is 4.74 Å². The van der Waals surface area contributed by atoms with Crippen molar-refractivity contribution >= 4 is 50.7 Å². The maximum atomic E-state index is 13.1. The molecule has 0 aliphatic heterocycles. The number of ether oxygens (including phenoxy) is 1. The summed E-state index contributed by atoms with van der Waals surface area (Å²) in [5.41, 5.74) is 1.97. The lowest BCUT2D eigenvalue weighted by Gasteiger charge is -2.21. The molecule has 1 unspecified atom stereocenters. The number of thiophene rings is 1. The largest absolute Gasteiger partial charge is 0.448 e. The van der Waals surface area contributed by atoms with Gasteiger partial charge in [-0.2, -0.15) is 5.10 Å². The Hall–Kier alpha value is -4.11. The molecule has 0 saturated heterocycles. The number of hydrogen-bond acceptors (Lipinski definition) is 7. The molecule has 1 atom stereocenters. The van der Waals surface area contributed by atoms with E-state index in [1.807, 2.05) is 6.92 Å². The second kappa shape index (κ2) is 8.03. The zero-order chi connectivity index (χ0) is 24.1. The molecule has 2 aromatic carbocycles. The van der Waals surface area contributed by atoms with Crippen LogP contribution in [0.25, 0.3) is 10.2 Å². The number of aryl methyl sites for hydroxylation is 2. The van der Waals surface area contributed by atoms with E-state index in [1.54, 1.807) is 60.3 Å². The number of hydrogen-bond donors (Lipinski definition) is 1. The first kappa shape index (κ1) is 21.7. The highest BCUT2D eigenvalue weighted by atomic mass is 32.1. The summed E-state index contributed by atoms with van der Waals surface area (Å²) in [6.45, 7) is 3.30. The van der Waals surface area contributed by atoms with E-state index < -0.39 is 18.0 Å². The Kier molecular flexibility index (Phi) is 5.13. The van der Waals surface area contributed by atoms with Gasteiger partial charge in [0, 0.05) is 29.1 Å². The molecule has 4 aromatic rings. The Morgan fingerprint density at radius 1 is 1.03 bits per heavy atom. The van der Waals surface area contributed by atoms with Gasteiger partial charge in [-0.15, -0.1) is 11.3 Å². The van der Waals surface area contributed by atoms with Crippen molar-refractivity contribution in [1.29, 1.82) is 0 Å². The number of carbonyl (C=O) groups is 4. The van der Waals surface area contributed by atoms with Gasteiger partial charge in [-0.3, -0.25) is 19.1 Å². The van der Waals surface area contributed by atoms with E-state index in [0.29, 0.717) is 10.4 Å². The molecule has 8 nitrogen and oxygen atoms in total. The highest BCUT2D eigenvalue weighted by Gasteiger charge is 2.32. The molecule has 0 saturated carbocycles. The molecule has 170 valence electrons. The van der Waals surface area contributed by atoms with E-state index in [0.717, 1.165) is 15.9 Å². The van der Waals surface area contributed by atoms with Gasteiger partial charge in [0.25, 0.3) is 5.91 Å². The van der Waals surface area contributed by atoms with Crippen LogP contribution in [0.4, 0.5) is 5.69 Å². The second-order valence-electron chi connectivity index (χ2n) is 8.01. The average molecular weight is 474 g/mol. The number of ketones is 2. The molecule has 1 amide bonds. The lowest BCUT2D eigenvalue weighted by atomic mass is 9.83. The highest BCUT2D eigenvalue weighted by molar-refractivity contribution is 7.20. The summed E-state index contributed by atoms with van der Waals surface area (Å²) in [4.78, 5) is 52.7. The van der Waals surface area contributed by atoms with Crippen molar-refractivity contribution in [3.05, 3.63) is 81.4 Å². The number of amides is 1. The van der Waals surface area contributed by atoms with Crippen LogP contribution in [-0.4, -0.2) is 39.3 Å². The Morgan fingerprint density at radius 3 is 2.41 bits per heavy atom. The fourth-order valence-electron chi connectivity index (χ4n) is 4.06. The topological polar surface area (TPSA) is 107 Å². The number of nitrogens with one attached hydrogen (secondary N) is 1. The number of esters is 1. The maximum absolute atomic E-state index is 13.1. The molecule has 2 heterocycles. The third-order valence-electron chi connectivity index (χ3n) is 5.76. The monoisotopic (exact) mass is 473 g/mol. The first-order valence-corrected chi connectivity index (χ1v) is 11.3. The number of benzene rings is 2. The summed E-state index contributed by atoms with van der Waals surface area (Å²) in [5.74, 6) is -1.87. The molecule has 34 heavy (non-hydrogen) atoms. The van der Waals surface area contributed by atoms with Crippen LogP contribution < -0.4 is 5.32 Å². The fraction of sp³-hybridized carbons (Fsp3) is 0.160. The van der Waals surface area contributed by atoms with Gasteiger partial charge in [0.2, 0.25) is 0 Å². The van der Waals surface area contributed by atoms with E-state index in [-0.39, 0.29) is 33.9 Å². The predicted octanol–water partition coefficient (Wildman–Crippen LogP) is 3.90. The van der Waals surface area contributed by atoms with Crippen molar-refractivity contribution in [3.8, 4) is 0 Å². The van der Waals surface area contributed by atoms with Gasteiger partial charge in [0.1, 0.15) is 9.71 Å². The van der Waals surface area contributed by atoms with Crippen molar-refractivity contribution in [2.75, 3.05) is 5.32 Å². The summed E-state index contributed by atoms with van der Waals surface area (Å²) in [6.07, 6.45) is -1.13. The van der Waals surface area contributed by atoms with Crippen LogP contribution in [0.15, 0.2) is 48.5 Å². The van der Waals surface area contributed by atoms with Crippen LogP contribution in [0.5, 0.6) is 0 Å². The molecule has 0 fully saturated rings. The van der Waals surface area contributed by atoms with Gasteiger partial charge >= 0.3 is 5.97 Å². The lowest BCUT2D eigenvalue weighted by molar-refractivity contribution is -0.123. The van der Waals surface area contributed by atoms with Crippen LogP contribution in [0.1, 0.15) is 54.1 Å².